The molecular weight excluding hydrogens is 386 g/mol. The van der Waals surface area contributed by atoms with Gasteiger partial charge in [-0.1, -0.05) is 41.9 Å². The van der Waals surface area contributed by atoms with Gasteiger partial charge in [0.05, 0.1) is 17.4 Å². The molecule has 0 saturated carbocycles. The van der Waals surface area contributed by atoms with Crippen LogP contribution in [0.15, 0.2) is 77.0 Å². The fraction of sp³-hybridized carbons (Fsp3) is 0.0909. The first-order chi connectivity index (χ1) is 14.2. The third kappa shape index (κ3) is 3.28. The molecule has 141 valence electrons. The van der Waals surface area contributed by atoms with Gasteiger partial charge in [-0.15, -0.1) is 0 Å². The number of amidine groups is 2. The number of aromatic nitrogens is 1. The molecule has 3 heterocycles. The first-order valence-electron chi connectivity index (χ1n) is 9.18. The summed E-state index contributed by atoms with van der Waals surface area (Å²) in [7, 11) is 0. The maximum Gasteiger partial charge on any atom is 0.371 e. The van der Waals surface area contributed by atoms with E-state index in [-0.39, 0.29) is 0 Å². The van der Waals surface area contributed by atoms with Crippen molar-refractivity contribution in [2.45, 2.75) is 6.42 Å². The van der Waals surface area contributed by atoms with E-state index < -0.39 is 6.03 Å². The van der Waals surface area contributed by atoms with Crippen LogP contribution in [0.25, 0.3) is 16.6 Å². The number of fused-ring (bicyclic) bond motifs is 2. The molecule has 1 aromatic heterocycles. The van der Waals surface area contributed by atoms with Crippen molar-refractivity contribution < 1.29 is 4.79 Å². The van der Waals surface area contributed by atoms with Crippen molar-refractivity contribution in [1.29, 1.82) is 0 Å². The summed E-state index contributed by atoms with van der Waals surface area (Å²) in [5.41, 5.74) is 3.88. The van der Waals surface area contributed by atoms with Gasteiger partial charge in [0.15, 0.2) is 5.84 Å². The molecule has 0 N–H and O–H groups in total. The Morgan fingerprint density at radius 1 is 1.00 bits per heavy atom. The minimum Gasteiger partial charge on any atom is -0.321 e. The predicted octanol–water partition coefficient (Wildman–Crippen LogP) is 4.28. The average Bonchev–Trinajstić information content (AvgIpc) is 3.13. The van der Waals surface area contributed by atoms with Crippen molar-refractivity contribution >= 4 is 45.9 Å². The Bertz CT molecular complexity index is 1210. The molecule has 29 heavy (non-hydrogen) atoms. The van der Waals surface area contributed by atoms with Gasteiger partial charge in [-0.2, -0.15) is 10.3 Å². The van der Waals surface area contributed by atoms with Crippen LogP contribution >= 0.6 is 11.6 Å². The molecule has 0 aliphatic carbocycles. The zero-order valence-corrected chi connectivity index (χ0v) is 16.0. The Balaban J connectivity index is 1.55. The number of pyridine rings is 1. The lowest BCUT2D eigenvalue weighted by atomic mass is 10.0. The van der Waals surface area contributed by atoms with E-state index in [1.165, 1.54) is 0 Å². The molecule has 0 saturated heterocycles. The number of amides is 2. The van der Waals surface area contributed by atoms with Crippen LogP contribution in [0.2, 0.25) is 5.02 Å². The van der Waals surface area contributed by atoms with Crippen molar-refractivity contribution in [3.63, 3.8) is 0 Å². The second kappa shape index (κ2) is 7.14. The highest BCUT2D eigenvalue weighted by Gasteiger charge is 2.33. The largest absolute Gasteiger partial charge is 0.371 e. The Kier molecular flexibility index (Phi) is 4.33. The smallest absolute Gasteiger partial charge is 0.321 e. The topological polar surface area (TPSA) is 72.0 Å². The number of nitrogens with zero attached hydrogens (tertiary/aromatic N) is 5. The standard InChI is InChI=1S/C22H15ClN5O/c23-15-8-6-14(7-9-15)10-12-28-19(13-25-20-21(28)27-22(29)26-20)17-3-1-5-18-16(17)4-2-11-24-18/h1-9,11,13H,10,12H2. The summed E-state index contributed by atoms with van der Waals surface area (Å²) in [5, 5.41) is 5.62. The Labute approximate surface area is 172 Å². The van der Waals surface area contributed by atoms with E-state index in [0.29, 0.717) is 23.2 Å². The summed E-state index contributed by atoms with van der Waals surface area (Å²) >= 11 is 6.00. The maximum absolute atomic E-state index is 11.8. The highest BCUT2D eigenvalue weighted by atomic mass is 35.5. The number of aliphatic imine (C=N–C) groups is 2. The number of carbonyl (C=O) groups is 1. The fourth-order valence-corrected chi connectivity index (χ4v) is 3.67. The fourth-order valence-electron chi connectivity index (χ4n) is 3.54. The number of hydrogen-bond acceptors (Lipinski definition) is 4. The molecule has 7 heteroatoms. The minimum atomic E-state index is -0.524. The van der Waals surface area contributed by atoms with Crippen LogP contribution in [0.3, 0.4) is 0 Å². The van der Waals surface area contributed by atoms with E-state index in [1.54, 1.807) is 12.4 Å². The number of halogens is 1. The van der Waals surface area contributed by atoms with Gasteiger partial charge in [-0.05, 0) is 36.2 Å². The first-order valence-corrected chi connectivity index (χ1v) is 9.56. The van der Waals surface area contributed by atoms with Crippen LogP contribution in [-0.2, 0) is 6.42 Å². The molecule has 0 spiro atoms. The molecule has 0 bridgehead atoms. The van der Waals surface area contributed by atoms with E-state index in [9.17, 15) is 4.79 Å². The number of benzene rings is 2. The van der Waals surface area contributed by atoms with Gasteiger partial charge in [0.25, 0.3) is 0 Å². The van der Waals surface area contributed by atoms with Gasteiger partial charge < -0.3 is 4.90 Å². The lowest BCUT2D eigenvalue weighted by Crippen LogP contribution is -2.39. The second-order valence-corrected chi connectivity index (χ2v) is 7.14. The number of carbonyl (C=O) groups excluding carboxylic acids is 1. The zero-order valence-electron chi connectivity index (χ0n) is 15.3. The number of urea groups is 1. The van der Waals surface area contributed by atoms with Crippen molar-refractivity contribution in [2.24, 2.45) is 9.98 Å². The van der Waals surface area contributed by atoms with Crippen molar-refractivity contribution in [3.05, 3.63) is 83.1 Å². The first kappa shape index (κ1) is 17.6. The van der Waals surface area contributed by atoms with E-state index in [1.807, 2.05) is 59.5 Å². The van der Waals surface area contributed by atoms with E-state index >= 15 is 0 Å². The van der Waals surface area contributed by atoms with E-state index in [4.69, 9.17) is 11.6 Å². The van der Waals surface area contributed by atoms with Crippen molar-refractivity contribution in [3.8, 4) is 0 Å². The minimum absolute atomic E-state index is 0.355. The molecular formula is C22H15ClN5O. The molecule has 3 aromatic rings. The second-order valence-electron chi connectivity index (χ2n) is 6.70. The summed E-state index contributed by atoms with van der Waals surface area (Å²) in [4.78, 5) is 26.7. The van der Waals surface area contributed by atoms with Gasteiger partial charge in [-0.3, -0.25) is 4.98 Å². The van der Waals surface area contributed by atoms with Crippen LogP contribution in [-0.4, -0.2) is 34.1 Å². The van der Waals surface area contributed by atoms with Gasteiger partial charge in [0, 0.05) is 28.7 Å². The third-order valence-electron chi connectivity index (χ3n) is 4.92. The summed E-state index contributed by atoms with van der Waals surface area (Å²) in [6, 6.07) is 17.1. The molecule has 0 fully saturated rings. The lowest BCUT2D eigenvalue weighted by molar-refractivity contribution is 0.253. The Morgan fingerprint density at radius 3 is 2.72 bits per heavy atom. The summed E-state index contributed by atoms with van der Waals surface area (Å²) in [6.45, 7) is 0.616. The molecule has 6 nitrogen and oxygen atoms in total. The lowest BCUT2D eigenvalue weighted by Gasteiger charge is -2.29. The molecule has 1 radical (unpaired) electrons. The quantitative estimate of drug-likeness (QED) is 0.656. The summed E-state index contributed by atoms with van der Waals surface area (Å²) < 4.78 is 0. The zero-order chi connectivity index (χ0) is 19.8. The normalized spacial score (nSPS) is 15.6. The van der Waals surface area contributed by atoms with Crippen molar-refractivity contribution in [2.75, 3.05) is 6.54 Å². The van der Waals surface area contributed by atoms with Gasteiger partial charge >= 0.3 is 6.03 Å². The summed E-state index contributed by atoms with van der Waals surface area (Å²) in [6.07, 6.45) is 4.27. The van der Waals surface area contributed by atoms with Gasteiger partial charge in [0.2, 0.25) is 5.84 Å². The number of rotatable bonds is 4. The average molecular weight is 401 g/mol. The van der Waals surface area contributed by atoms with Crippen LogP contribution in [0.1, 0.15) is 11.1 Å². The molecule has 2 aromatic carbocycles. The van der Waals surface area contributed by atoms with Crippen molar-refractivity contribution in [1.82, 2.24) is 15.2 Å². The monoisotopic (exact) mass is 400 g/mol. The van der Waals surface area contributed by atoms with Crippen LogP contribution in [0, 0.1) is 0 Å². The highest BCUT2D eigenvalue weighted by Crippen LogP contribution is 2.30. The van der Waals surface area contributed by atoms with Crippen LogP contribution in [0.5, 0.6) is 0 Å². The molecule has 0 atom stereocenters. The van der Waals surface area contributed by atoms with E-state index in [2.05, 4.69) is 20.3 Å². The van der Waals surface area contributed by atoms with Gasteiger partial charge in [-0.25, -0.2) is 9.79 Å². The molecule has 2 aliphatic heterocycles. The predicted molar refractivity (Wildman–Crippen MR) is 114 cm³/mol. The third-order valence-corrected chi connectivity index (χ3v) is 5.17. The van der Waals surface area contributed by atoms with Crippen LogP contribution < -0.4 is 5.32 Å². The van der Waals surface area contributed by atoms with Gasteiger partial charge in [0.1, 0.15) is 0 Å². The highest BCUT2D eigenvalue weighted by molar-refractivity contribution is 6.49. The summed E-state index contributed by atoms with van der Waals surface area (Å²) in [5.74, 6) is 0.843. The SMILES string of the molecule is O=C1[N]C2=NC=C(c3cccc4ncccc34)N(CCc3ccc(Cl)cc3)C2=N1. The molecule has 5 rings (SSSR count). The maximum atomic E-state index is 11.8. The number of hydrogen-bond donors (Lipinski definition) is 0. The molecule has 2 amide bonds. The van der Waals surface area contributed by atoms with Crippen LogP contribution in [0.4, 0.5) is 4.79 Å². The molecule has 0 unspecified atom stereocenters. The Morgan fingerprint density at radius 2 is 1.86 bits per heavy atom. The van der Waals surface area contributed by atoms with E-state index in [0.717, 1.165) is 34.1 Å². The molecule has 2 aliphatic rings. The Hall–Kier alpha value is -3.51.